The van der Waals surface area contributed by atoms with Crippen molar-refractivity contribution in [2.75, 3.05) is 5.32 Å². The molecule has 4 aromatic rings. The van der Waals surface area contributed by atoms with E-state index in [4.69, 9.17) is 4.52 Å². The molecule has 140 valence electrons. The second-order valence-corrected chi connectivity index (χ2v) is 7.55. The van der Waals surface area contributed by atoms with Crippen molar-refractivity contribution in [1.82, 2.24) is 20.1 Å². The summed E-state index contributed by atoms with van der Waals surface area (Å²) >= 11 is 3.00. The standard InChI is InChI=1S/C19H15N5O2S2/c25-15(4-5-16-23-19(24-26-16)13-7-10-27-12-13)22-14-6-9-21-18(11-14)28-17-3-1-2-8-20-17/h1-3,6-12H,4-5H2,(H,21,22,25). The quantitative estimate of drug-likeness (QED) is 0.486. The molecule has 0 aliphatic rings. The van der Waals surface area contributed by atoms with Crippen LogP contribution < -0.4 is 5.32 Å². The smallest absolute Gasteiger partial charge is 0.227 e. The van der Waals surface area contributed by atoms with E-state index in [-0.39, 0.29) is 12.3 Å². The number of aromatic nitrogens is 4. The predicted octanol–water partition coefficient (Wildman–Crippen LogP) is 4.31. The minimum Gasteiger partial charge on any atom is -0.339 e. The molecule has 0 aromatic carbocycles. The monoisotopic (exact) mass is 409 g/mol. The van der Waals surface area contributed by atoms with Crippen molar-refractivity contribution in [3.63, 3.8) is 0 Å². The Morgan fingerprint density at radius 1 is 1.14 bits per heavy atom. The molecule has 7 nitrogen and oxygen atoms in total. The average Bonchev–Trinajstić information content (AvgIpc) is 3.39. The minimum atomic E-state index is -0.129. The molecular weight excluding hydrogens is 394 g/mol. The van der Waals surface area contributed by atoms with Crippen LogP contribution in [0.5, 0.6) is 0 Å². The molecule has 1 N–H and O–H groups in total. The molecule has 9 heteroatoms. The van der Waals surface area contributed by atoms with Crippen LogP contribution in [0, 0.1) is 0 Å². The Labute approximate surface area is 169 Å². The van der Waals surface area contributed by atoms with Gasteiger partial charge in [0.25, 0.3) is 0 Å². The molecule has 1 amide bonds. The molecule has 0 saturated heterocycles. The lowest BCUT2D eigenvalue weighted by Crippen LogP contribution is -2.12. The Morgan fingerprint density at radius 2 is 2.07 bits per heavy atom. The molecule has 0 aliphatic heterocycles. The van der Waals surface area contributed by atoms with Crippen LogP contribution in [0.15, 0.2) is 74.1 Å². The van der Waals surface area contributed by atoms with Gasteiger partial charge in [-0.3, -0.25) is 4.79 Å². The summed E-state index contributed by atoms with van der Waals surface area (Å²) in [6.07, 6.45) is 4.02. The molecule has 0 saturated carbocycles. The Morgan fingerprint density at radius 3 is 2.89 bits per heavy atom. The molecule has 0 unspecified atom stereocenters. The number of rotatable bonds is 7. The fourth-order valence-electron chi connectivity index (χ4n) is 2.37. The number of pyridine rings is 2. The summed E-state index contributed by atoms with van der Waals surface area (Å²) in [4.78, 5) is 25.1. The van der Waals surface area contributed by atoms with Crippen LogP contribution in [0.25, 0.3) is 11.4 Å². The van der Waals surface area contributed by atoms with E-state index in [0.29, 0.717) is 23.8 Å². The fraction of sp³-hybridized carbons (Fsp3) is 0.105. The maximum atomic E-state index is 12.3. The zero-order chi connectivity index (χ0) is 19.2. The summed E-state index contributed by atoms with van der Waals surface area (Å²) < 4.78 is 5.22. The molecule has 28 heavy (non-hydrogen) atoms. The Hall–Kier alpha value is -3.04. The highest BCUT2D eigenvalue weighted by atomic mass is 32.2. The van der Waals surface area contributed by atoms with Crippen LogP contribution in [-0.2, 0) is 11.2 Å². The Bertz CT molecular complexity index is 1050. The van der Waals surface area contributed by atoms with E-state index in [0.717, 1.165) is 15.6 Å². The van der Waals surface area contributed by atoms with E-state index < -0.39 is 0 Å². The van der Waals surface area contributed by atoms with Crippen LogP contribution in [-0.4, -0.2) is 26.0 Å². The van der Waals surface area contributed by atoms with Crippen LogP contribution >= 0.6 is 23.1 Å². The number of nitrogens with one attached hydrogen (secondary N) is 1. The van der Waals surface area contributed by atoms with Crippen LogP contribution in [0.4, 0.5) is 5.69 Å². The van der Waals surface area contributed by atoms with Gasteiger partial charge in [-0.1, -0.05) is 23.0 Å². The van der Waals surface area contributed by atoms with Gasteiger partial charge in [-0.05, 0) is 35.7 Å². The van der Waals surface area contributed by atoms with E-state index in [1.807, 2.05) is 41.1 Å². The average molecular weight is 409 g/mol. The van der Waals surface area contributed by atoms with E-state index in [9.17, 15) is 4.79 Å². The lowest BCUT2D eigenvalue weighted by atomic mass is 10.3. The fourth-order valence-corrected chi connectivity index (χ4v) is 3.78. The number of carbonyl (C=O) groups is 1. The summed E-state index contributed by atoms with van der Waals surface area (Å²) in [5.41, 5.74) is 1.60. The number of nitrogens with zero attached hydrogens (tertiary/aromatic N) is 4. The van der Waals surface area contributed by atoms with Gasteiger partial charge in [0.05, 0.1) is 0 Å². The predicted molar refractivity (Wildman–Crippen MR) is 107 cm³/mol. The van der Waals surface area contributed by atoms with E-state index in [1.54, 1.807) is 29.8 Å². The molecule has 0 radical (unpaired) electrons. The van der Waals surface area contributed by atoms with Crippen molar-refractivity contribution in [3.8, 4) is 11.4 Å². The normalized spacial score (nSPS) is 10.7. The van der Waals surface area contributed by atoms with Gasteiger partial charge in [-0.2, -0.15) is 16.3 Å². The molecule has 4 rings (SSSR count). The van der Waals surface area contributed by atoms with Crippen molar-refractivity contribution in [1.29, 1.82) is 0 Å². The van der Waals surface area contributed by atoms with Gasteiger partial charge in [-0.25, -0.2) is 9.97 Å². The number of amides is 1. The maximum absolute atomic E-state index is 12.3. The third-order valence-electron chi connectivity index (χ3n) is 3.68. The van der Waals surface area contributed by atoms with Gasteiger partial charge in [-0.15, -0.1) is 0 Å². The van der Waals surface area contributed by atoms with E-state index in [1.165, 1.54) is 11.8 Å². The van der Waals surface area contributed by atoms with Crippen LogP contribution in [0.2, 0.25) is 0 Å². The van der Waals surface area contributed by atoms with Gasteiger partial charge in [0.1, 0.15) is 10.1 Å². The van der Waals surface area contributed by atoms with Gasteiger partial charge >= 0.3 is 0 Å². The highest BCUT2D eigenvalue weighted by Crippen LogP contribution is 2.25. The topological polar surface area (TPSA) is 93.8 Å². The lowest BCUT2D eigenvalue weighted by molar-refractivity contribution is -0.116. The van der Waals surface area contributed by atoms with Crippen molar-refractivity contribution >= 4 is 34.7 Å². The third kappa shape index (κ3) is 4.81. The maximum Gasteiger partial charge on any atom is 0.227 e. The van der Waals surface area contributed by atoms with Crippen molar-refractivity contribution in [3.05, 3.63) is 65.4 Å². The molecule has 0 spiro atoms. The molecule has 0 aliphatic carbocycles. The van der Waals surface area contributed by atoms with Crippen molar-refractivity contribution in [2.45, 2.75) is 22.9 Å². The number of anilines is 1. The zero-order valence-corrected chi connectivity index (χ0v) is 16.2. The Balaban J connectivity index is 1.32. The first-order valence-corrected chi connectivity index (χ1v) is 10.2. The first-order valence-electron chi connectivity index (χ1n) is 8.46. The summed E-state index contributed by atoms with van der Waals surface area (Å²) in [6.45, 7) is 0. The molecule has 0 fully saturated rings. The zero-order valence-electron chi connectivity index (χ0n) is 14.6. The molecule has 4 aromatic heterocycles. The van der Waals surface area contributed by atoms with Crippen LogP contribution in [0.3, 0.4) is 0 Å². The molecular formula is C19H15N5O2S2. The van der Waals surface area contributed by atoms with Gasteiger partial charge in [0.2, 0.25) is 17.6 Å². The van der Waals surface area contributed by atoms with Crippen LogP contribution in [0.1, 0.15) is 12.3 Å². The lowest BCUT2D eigenvalue weighted by Gasteiger charge is -2.06. The summed E-state index contributed by atoms with van der Waals surface area (Å²) in [7, 11) is 0. The Kier molecular flexibility index (Phi) is 5.74. The highest BCUT2D eigenvalue weighted by Gasteiger charge is 2.11. The van der Waals surface area contributed by atoms with E-state index in [2.05, 4.69) is 25.4 Å². The number of hydrogen-bond acceptors (Lipinski definition) is 8. The summed E-state index contributed by atoms with van der Waals surface area (Å²) in [5, 5.41) is 12.3. The second-order valence-electron chi connectivity index (χ2n) is 5.72. The summed E-state index contributed by atoms with van der Waals surface area (Å²) in [5.74, 6) is 0.856. The van der Waals surface area contributed by atoms with Crippen molar-refractivity contribution < 1.29 is 9.32 Å². The van der Waals surface area contributed by atoms with Gasteiger partial charge in [0.15, 0.2) is 0 Å². The highest BCUT2D eigenvalue weighted by molar-refractivity contribution is 7.99. The van der Waals surface area contributed by atoms with E-state index >= 15 is 0 Å². The third-order valence-corrected chi connectivity index (χ3v) is 5.25. The SMILES string of the molecule is O=C(CCc1nc(-c2ccsc2)no1)Nc1ccnc(Sc2ccccn2)c1. The summed E-state index contributed by atoms with van der Waals surface area (Å²) in [6, 6.07) is 11.2. The first-order chi connectivity index (χ1) is 13.8. The molecule has 0 atom stereocenters. The number of thiophene rings is 1. The molecule has 4 heterocycles. The van der Waals surface area contributed by atoms with Gasteiger partial charge in [0, 0.05) is 41.9 Å². The molecule has 0 bridgehead atoms. The minimum absolute atomic E-state index is 0.129. The number of hydrogen-bond donors (Lipinski definition) is 1. The largest absolute Gasteiger partial charge is 0.339 e. The van der Waals surface area contributed by atoms with Gasteiger partial charge < -0.3 is 9.84 Å². The first kappa shape index (κ1) is 18.3. The number of aryl methyl sites for hydroxylation is 1. The second kappa shape index (κ2) is 8.77. The van der Waals surface area contributed by atoms with Crippen molar-refractivity contribution in [2.24, 2.45) is 0 Å². The number of carbonyl (C=O) groups excluding carboxylic acids is 1.